The monoisotopic (exact) mass is 959 g/mol. The maximum absolute atomic E-state index is 13.7. The van der Waals surface area contributed by atoms with E-state index < -0.39 is 60.1 Å². The number of ether oxygens (including phenoxy) is 5. The van der Waals surface area contributed by atoms with Crippen LogP contribution in [-0.4, -0.2) is 76.7 Å². The van der Waals surface area contributed by atoms with Gasteiger partial charge >= 0.3 is 24.1 Å². The molecule has 67 heavy (non-hydrogen) atoms. The number of hydrogen-bond donors (Lipinski definition) is 3. The van der Waals surface area contributed by atoms with Gasteiger partial charge in [-0.25, -0.2) is 29.1 Å². The predicted molar refractivity (Wildman–Crippen MR) is 252 cm³/mol. The first-order valence-electron chi connectivity index (χ1n) is 21.5. The van der Waals surface area contributed by atoms with Crippen LogP contribution in [-0.2, 0) is 34.3 Å². The Balaban J connectivity index is 1.57. The molecule has 17 nitrogen and oxygen atoms in total. The number of hydrogen-bond acceptors (Lipinski definition) is 16. The third-order valence-corrected chi connectivity index (χ3v) is 10.3. The number of alkyl carbamates (subject to hydrolysis) is 2. The third kappa shape index (κ3) is 17.0. The number of esters is 2. The van der Waals surface area contributed by atoms with E-state index in [1.54, 1.807) is 90.1 Å². The van der Waals surface area contributed by atoms with Crippen LogP contribution in [0.25, 0.3) is 22.6 Å². The summed E-state index contributed by atoms with van der Waals surface area (Å²) in [6.07, 6.45) is -0.917. The Hall–Kier alpha value is -6.50. The van der Waals surface area contributed by atoms with E-state index in [-0.39, 0.29) is 70.3 Å². The zero-order chi connectivity index (χ0) is 49.6. The number of carbonyl (C=O) groups excluding carboxylic acids is 4. The van der Waals surface area contributed by atoms with Gasteiger partial charge in [-0.05, 0) is 108 Å². The number of rotatable bonds is 19. The summed E-state index contributed by atoms with van der Waals surface area (Å²) in [5.41, 5.74) is 6.78. The second kappa shape index (κ2) is 23.8. The van der Waals surface area contributed by atoms with Crippen molar-refractivity contribution in [2.24, 2.45) is 11.8 Å². The molecule has 358 valence electrons. The van der Waals surface area contributed by atoms with Crippen LogP contribution in [0.1, 0.15) is 98.9 Å². The first kappa shape index (κ1) is 53.1. The molecule has 1 unspecified atom stereocenters. The lowest BCUT2D eigenvalue weighted by Gasteiger charge is -2.26. The molecule has 2 aromatic carbocycles. The van der Waals surface area contributed by atoms with Crippen molar-refractivity contribution in [3.63, 3.8) is 0 Å². The predicted octanol–water partition coefficient (Wildman–Crippen LogP) is 9.39. The number of thioether (sulfide) groups is 1. The third-order valence-electron chi connectivity index (χ3n) is 9.05. The van der Waals surface area contributed by atoms with Crippen LogP contribution in [0.15, 0.2) is 64.2 Å². The van der Waals surface area contributed by atoms with Gasteiger partial charge in [0, 0.05) is 21.9 Å². The van der Waals surface area contributed by atoms with Crippen LogP contribution < -0.4 is 21.1 Å². The number of oxazole rings is 1. The minimum Gasteiger partial charge on any atom is -0.490 e. The Kier molecular flexibility index (Phi) is 18.9. The number of pyridine rings is 1. The number of carbonyl (C=O) groups is 4. The molecule has 0 saturated heterocycles. The van der Waals surface area contributed by atoms with E-state index in [2.05, 4.69) is 32.7 Å². The first-order valence-corrected chi connectivity index (χ1v) is 22.9. The van der Waals surface area contributed by atoms with Gasteiger partial charge < -0.3 is 44.5 Å². The van der Waals surface area contributed by atoms with E-state index in [9.17, 15) is 29.7 Å². The summed E-state index contributed by atoms with van der Waals surface area (Å²) in [6.45, 7) is 16.8. The number of nitrogen functional groups attached to an aromatic ring is 1. The Morgan fingerprint density at radius 1 is 0.776 bits per heavy atom. The van der Waals surface area contributed by atoms with Gasteiger partial charge in [0.1, 0.15) is 77.1 Å². The lowest BCUT2D eigenvalue weighted by Crippen LogP contribution is -2.47. The summed E-state index contributed by atoms with van der Waals surface area (Å²) in [4.78, 5) is 61.6. The van der Waals surface area contributed by atoms with E-state index in [1.165, 1.54) is 18.0 Å². The highest BCUT2D eigenvalue weighted by molar-refractivity contribution is 7.98. The molecule has 0 fully saturated rings. The molecular weight excluding hydrogens is 902 g/mol. The topological polar surface area (TPSA) is 251 Å². The molecular formula is C48H58ClN7O10S. The Morgan fingerprint density at radius 2 is 1.31 bits per heavy atom. The number of amides is 2. The summed E-state index contributed by atoms with van der Waals surface area (Å²) >= 11 is 7.22. The largest absolute Gasteiger partial charge is 0.490 e. The fourth-order valence-electron chi connectivity index (χ4n) is 6.25. The normalized spacial score (nSPS) is 12.8. The van der Waals surface area contributed by atoms with Crippen LogP contribution in [0.3, 0.4) is 0 Å². The van der Waals surface area contributed by atoms with E-state index in [0.717, 1.165) is 5.56 Å². The lowest BCUT2D eigenvalue weighted by molar-refractivity contribution is -0.163. The molecule has 19 heteroatoms. The second-order valence-electron chi connectivity index (χ2n) is 18.3. The Labute approximate surface area is 400 Å². The van der Waals surface area contributed by atoms with Gasteiger partial charge in [0.05, 0.1) is 11.3 Å². The molecule has 4 N–H and O–H groups in total. The maximum atomic E-state index is 13.7. The van der Waals surface area contributed by atoms with Gasteiger partial charge in [-0.15, -0.1) is 0 Å². The summed E-state index contributed by atoms with van der Waals surface area (Å²) in [5, 5.41) is 26.5. The first-order chi connectivity index (χ1) is 31.4. The van der Waals surface area contributed by atoms with Crippen LogP contribution >= 0.6 is 23.4 Å². The molecule has 2 heterocycles. The number of nitrogens with zero attached hydrogens (tertiary/aromatic N) is 4. The smallest absolute Gasteiger partial charge is 0.408 e. The quantitative estimate of drug-likeness (QED) is 0.0449. The maximum Gasteiger partial charge on any atom is 0.408 e. The molecule has 2 amide bonds. The molecule has 0 bridgehead atoms. The highest BCUT2D eigenvalue weighted by atomic mass is 35.5. The van der Waals surface area contributed by atoms with Gasteiger partial charge in [0.25, 0.3) is 0 Å². The summed E-state index contributed by atoms with van der Waals surface area (Å²) < 4.78 is 34.0. The van der Waals surface area contributed by atoms with Crippen molar-refractivity contribution in [3.05, 3.63) is 76.6 Å². The second-order valence-corrected chi connectivity index (χ2v) is 19.7. The molecule has 4 aromatic rings. The summed E-state index contributed by atoms with van der Waals surface area (Å²) in [7, 11) is 0. The van der Waals surface area contributed by atoms with Crippen molar-refractivity contribution >= 4 is 53.3 Å². The standard InChI is InChI=1S/C48H58ClN7O10S/c1-27(2)19-37(54-45(59)65-47(5,6)7)43(57)63-25-34(64-44(58)38(20-28(3)4)55-46(60)66-48(8,9)10)24-61-33-17-13-29(14-18-33)39-35(21-50)40(52)56-42(36(39)22-51)67-26-32-23-62-41(53-32)30-11-15-31(49)16-12-30/h11-18,23,27-28,34,37-38H,19-20,24-26H2,1-10H3,(H2,52,56)(H,54,59)(H,55,60)/t34-,37-,38?/m0/s1. The fraction of sp³-hybridized carbons (Fsp3) is 0.458. The van der Waals surface area contributed by atoms with Gasteiger partial charge in [-0.1, -0.05) is 63.2 Å². The average Bonchev–Trinajstić information content (AvgIpc) is 3.70. The van der Waals surface area contributed by atoms with Crippen molar-refractivity contribution in [2.45, 2.75) is 122 Å². The van der Waals surface area contributed by atoms with Crippen molar-refractivity contribution in [2.75, 3.05) is 18.9 Å². The van der Waals surface area contributed by atoms with Crippen LogP contribution in [0, 0.1) is 34.5 Å². The number of halogens is 1. The van der Waals surface area contributed by atoms with Crippen molar-refractivity contribution in [3.8, 4) is 40.5 Å². The van der Waals surface area contributed by atoms with E-state index in [4.69, 9.17) is 45.4 Å². The molecule has 3 atom stereocenters. The van der Waals surface area contributed by atoms with Gasteiger partial charge in [-0.3, -0.25) is 0 Å². The minimum atomic E-state index is -1.21. The Bertz CT molecular complexity index is 2430. The molecule has 0 aliphatic carbocycles. The SMILES string of the molecule is CC(C)CC(NC(=O)OC(C)(C)C)C(=O)O[C@H](COC(=O)[C@H](CC(C)C)NC(=O)OC(C)(C)C)COc1ccc(-c2c(C#N)c(N)nc(SCc3coc(-c4ccc(Cl)cc4)n3)c2C#N)cc1. The molecule has 0 saturated carbocycles. The molecule has 4 rings (SSSR count). The van der Waals surface area contributed by atoms with Crippen LogP contribution in [0.5, 0.6) is 5.75 Å². The lowest BCUT2D eigenvalue weighted by atomic mass is 9.97. The van der Waals surface area contributed by atoms with Crippen LogP contribution in [0.2, 0.25) is 5.02 Å². The number of nitriles is 2. The molecule has 0 aliphatic heterocycles. The van der Waals surface area contributed by atoms with Gasteiger partial charge in [0.2, 0.25) is 5.89 Å². The number of benzene rings is 2. The van der Waals surface area contributed by atoms with E-state index in [1.807, 2.05) is 27.7 Å². The number of aromatic nitrogens is 2. The average molecular weight is 961 g/mol. The van der Waals surface area contributed by atoms with E-state index in [0.29, 0.717) is 22.2 Å². The highest BCUT2D eigenvalue weighted by Crippen LogP contribution is 2.37. The van der Waals surface area contributed by atoms with E-state index >= 15 is 0 Å². The Morgan fingerprint density at radius 3 is 1.84 bits per heavy atom. The summed E-state index contributed by atoms with van der Waals surface area (Å²) in [5.74, 6) is -0.836. The van der Waals surface area contributed by atoms with Crippen LogP contribution in [0.4, 0.5) is 15.4 Å². The molecule has 0 aliphatic rings. The van der Waals surface area contributed by atoms with Crippen molar-refractivity contribution in [1.29, 1.82) is 10.5 Å². The minimum absolute atomic E-state index is 0.00249. The fourth-order valence-corrected chi connectivity index (χ4v) is 7.25. The molecule has 2 aromatic heterocycles. The number of anilines is 1. The van der Waals surface area contributed by atoms with Gasteiger partial charge in [0.15, 0.2) is 6.10 Å². The molecule has 0 spiro atoms. The number of nitrogens with two attached hydrogens (primary N) is 1. The zero-order valence-corrected chi connectivity index (χ0v) is 40.9. The molecule has 0 radical (unpaired) electrons. The summed E-state index contributed by atoms with van der Waals surface area (Å²) in [6, 6.07) is 15.5. The van der Waals surface area contributed by atoms with Crippen molar-refractivity contribution in [1.82, 2.24) is 20.6 Å². The van der Waals surface area contributed by atoms with Crippen molar-refractivity contribution < 1.29 is 47.3 Å². The van der Waals surface area contributed by atoms with Gasteiger partial charge in [-0.2, -0.15) is 10.5 Å². The number of nitrogens with one attached hydrogen (secondary N) is 2. The zero-order valence-electron chi connectivity index (χ0n) is 39.4. The highest BCUT2D eigenvalue weighted by Gasteiger charge is 2.32.